The number of aromatic nitrogens is 2. The Hall–Kier alpha value is -2.76. The van der Waals surface area contributed by atoms with Gasteiger partial charge in [-0.25, -0.2) is 9.59 Å². The number of carbonyl (C=O) groups excluding carboxylic acids is 2. The van der Waals surface area contributed by atoms with Gasteiger partial charge in [0.1, 0.15) is 12.2 Å². The Bertz CT molecular complexity index is 801. The summed E-state index contributed by atoms with van der Waals surface area (Å²) in [6, 6.07) is 6.58. The number of rotatable bonds is 4. The third-order valence-electron chi connectivity index (χ3n) is 6.76. The molecule has 0 amide bonds. The lowest BCUT2D eigenvalue weighted by Gasteiger charge is -2.37. The van der Waals surface area contributed by atoms with Crippen LogP contribution >= 0.6 is 0 Å². The van der Waals surface area contributed by atoms with E-state index in [2.05, 4.69) is 9.97 Å². The highest BCUT2D eigenvalue weighted by atomic mass is 16.6. The van der Waals surface area contributed by atoms with Gasteiger partial charge in [0, 0.05) is 36.6 Å². The number of ether oxygens (including phenoxy) is 2. The van der Waals surface area contributed by atoms with Gasteiger partial charge in [0.2, 0.25) is 0 Å². The first-order chi connectivity index (χ1) is 13.7. The maximum Gasteiger partial charge on any atom is 0.338 e. The third kappa shape index (κ3) is 2.87. The van der Waals surface area contributed by atoms with Crippen LogP contribution in [0.1, 0.15) is 46.4 Å². The van der Waals surface area contributed by atoms with Gasteiger partial charge < -0.3 is 9.47 Å². The normalized spacial score (nSPS) is 32.7. The SMILES string of the molecule is O=C(OC1C2CC(C3CCCC32)C1OC(=O)c1ccncc1)c1ccncc1. The fourth-order valence-electron chi connectivity index (χ4n) is 5.66. The summed E-state index contributed by atoms with van der Waals surface area (Å²) in [6.07, 6.45) is 10.1. The molecule has 2 aromatic heterocycles. The quantitative estimate of drug-likeness (QED) is 0.760. The van der Waals surface area contributed by atoms with E-state index in [1.54, 1.807) is 49.1 Å². The number of esters is 2. The Morgan fingerprint density at radius 2 is 1.14 bits per heavy atom. The first kappa shape index (κ1) is 17.3. The second-order valence-corrected chi connectivity index (χ2v) is 8.03. The molecule has 0 spiro atoms. The first-order valence-corrected chi connectivity index (χ1v) is 9.94. The molecule has 6 heteroatoms. The monoisotopic (exact) mass is 378 g/mol. The molecule has 6 nitrogen and oxygen atoms in total. The second-order valence-electron chi connectivity index (χ2n) is 8.03. The molecule has 6 unspecified atom stereocenters. The van der Waals surface area contributed by atoms with Crippen LogP contribution in [0.15, 0.2) is 49.1 Å². The zero-order valence-electron chi connectivity index (χ0n) is 15.4. The molecule has 3 aliphatic carbocycles. The van der Waals surface area contributed by atoms with Gasteiger partial charge in [0.25, 0.3) is 0 Å². The van der Waals surface area contributed by atoms with Crippen LogP contribution in [-0.2, 0) is 9.47 Å². The van der Waals surface area contributed by atoms with Crippen molar-refractivity contribution in [1.29, 1.82) is 0 Å². The second kappa shape index (κ2) is 7.00. The van der Waals surface area contributed by atoms with Crippen LogP contribution in [0.5, 0.6) is 0 Å². The van der Waals surface area contributed by atoms with Gasteiger partial charge in [0.05, 0.1) is 11.1 Å². The summed E-state index contributed by atoms with van der Waals surface area (Å²) in [6.45, 7) is 0. The summed E-state index contributed by atoms with van der Waals surface area (Å²) in [5.74, 6) is 0.961. The predicted octanol–water partition coefficient (Wildman–Crippen LogP) is 3.29. The molecule has 0 aliphatic heterocycles. The van der Waals surface area contributed by atoms with E-state index in [1.165, 1.54) is 19.3 Å². The maximum absolute atomic E-state index is 12.7. The van der Waals surface area contributed by atoms with Crippen molar-refractivity contribution in [2.75, 3.05) is 0 Å². The fraction of sp³-hybridized carbons (Fsp3) is 0.455. The summed E-state index contributed by atoms with van der Waals surface area (Å²) < 4.78 is 11.9. The predicted molar refractivity (Wildman–Crippen MR) is 99.3 cm³/mol. The molecular weight excluding hydrogens is 356 g/mol. The highest BCUT2D eigenvalue weighted by Gasteiger charge is 2.62. The van der Waals surface area contributed by atoms with E-state index < -0.39 is 0 Å². The van der Waals surface area contributed by atoms with E-state index in [4.69, 9.17) is 9.47 Å². The number of hydrogen-bond acceptors (Lipinski definition) is 6. The molecule has 3 aliphatic rings. The molecule has 3 saturated carbocycles. The highest BCUT2D eigenvalue weighted by Crippen LogP contribution is 2.60. The van der Waals surface area contributed by atoms with Crippen LogP contribution < -0.4 is 0 Å². The lowest BCUT2D eigenvalue weighted by atomic mass is 9.78. The Labute approximate surface area is 163 Å². The molecule has 5 rings (SSSR count). The van der Waals surface area contributed by atoms with Gasteiger partial charge >= 0.3 is 11.9 Å². The number of carbonyl (C=O) groups is 2. The van der Waals surface area contributed by atoms with Gasteiger partial charge in [-0.2, -0.15) is 0 Å². The van der Waals surface area contributed by atoms with Gasteiger partial charge in [0.15, 0.2) is 0 Å². The number of fused-ring (bicyclic) bond motifs is 5. The Balaban J connectivity index is 1.38. The van der Waals surface area contributed by atoms with Crippen LogP contribution in [0.4, 0.5) is 0 Å². The number of hydrogen-bond donors (Lipinski definition) is 0. The average Bonchev–Trinajstić information content (AvgIpc) is 3.43. The standard InChI is InChI=1S/C22H22N2O4/c25-21(13-4-8-23-9-5-13)27-19-17-12-18(16-3-1-2-15(16)17)20(19)28-22(26)14-6-10-24-11-7-14/h4-11,15-20H,1-3,12H2. The Morgan fingerprint density at radius 3 is 1.57 bits per heavy atom. The molecule has 0 saturated heterocycles. The summed E-state index contributed by atoms with van der Waals surface area (Å²) in [7, 11) is 0. The van der Waals surface area contributed by atoms with Crippen molar-refractivity contribution in [1.82, 2.24) is 9.97 Å². The van der Waals surface area contributed by atoms with Crippen LogP contribution in [0.2, 0.25) is 0 Å². The van der Waals surface area contributed by atoms with Crippen molar-refractivity contribution < 1.29 is 19.1 Å². The van der Waals surface area contributed by atoms with Crippen molar-refractivity contribution in [3.63, 3.8) is 0 Å². The summed E-state index contributed by atoms with van der Waals surface area (Å²) in [5, 5.41) is 0. The zero-order chi connectivity index (χ0) is 19.1. The van der Waals surface area contributed by atoms with Crippen molar-refractivity contribution >= 4 is 11.9 Å². The molecule has 0 aromatic carbocycles. The van der Waals surface area contributed by atoms with Crippen molar-refractivity contribution in [2.24, 2.45) is 23.7 Å². The Morgan fingerprint density at radius 1 is 0.714 bits per heavy atom. The van der Waals surface area contributed by atoms with Gasteiger partial charge in [-0.1, -0.05) is 6.42 Å². The molecule has 3 fully saturated rings. The minimum absolute atomic E-state index is 0.276. The fourth-order valence-corrected chi connectivity index (χ4v) is 5.66. The van der Waals surface area contributed by atoms with Crippen LogP contribution in [0.3, 0.4) is 0 Å². The van der Waals surface area contributed by atoms with Crippen molar-refractivity contribution in [2.45, 2.75) is 37.9 Å². The minimum Gasteiger partial charge on any atom is -0.455 e. The van der Waals surface area contributed by atoms with E-state index >= 15 is 0 Å². The maximum atomic E-state index is 12.7. The van der Waals surface area contributed by atoms with Crippen molar-refractivity contribution in [3.05, 3.63) is 60.2 Å². The molecule has 144 valence electrons. The molecule has 2 heterocycles. The lowest BCUT2D eigenvalue weighted by Crippen LogP contribution is -2.45. The van der Waals surface area contributed by atoms with E-state index in [0.717, 1.165) is 6.42 Å². The van der Waals surface area contributed by atoms with Gasteiger partial charge in [-0.05, 0) is 55.4 Å². The van der Waals surface area contributed by atoms with Crippen molar-refractivity contribution in [3.8, 4) is 0 Å². The highest BCUT2D eigenvalue weighted by molar-refractivity contribution is 5.90. The summed E-state index contributed by atoms with van der Waals surface area (Å²) in [5.41, 5.74) is 0.944. The van der Waals surface area contributed by atoms with E-state index in [-0.39, 0.29) is 36.0 Å². The van der Waals surface area contributed by atoms with Crippen LogP contribution in [0.25, 0.3) is 0 Å². The summed E-state index contributed by atoms with van der Waals surface area (Å²) >= 11 is 0. The van der Waals surface area contributed by atoms with E-state index in [0.29, 0.717) is 23.0 Å². The smallest absolute Gasteiger partial charge is 0.338 e. The largest absolute Gasteiger partial charge is 0.455 e. The summed E-state index contributed by atoms with van der Waals surface area (Å²) in [4.78, 5) is 33.2. The topological polar surface area (TPSA) is 78.4 Å². The van der Waals surface area contributed by atoms with E-state index in [9.17, 15) is 9.59 Å². The molecule has 2 bridgehead atoms. The van der Waals surface area contributed by atoms with E-state index in [1.807, 2.05) is 0 Å². The molecule has 6 atom stereocenters. The molecule has 0 radical (unpaired) electrons. The molecule has 2 aromatic rings. The lowest BCUT2D eigenvalue weighted by molar-refractivity contribution is -0.0766. The first-order valence-electron chi connectivity index (χ1n) is 9.94. The van der Waals surface area contributed by atoms with Crippen LogP contribution in [-0.4, -0.2) is 34.1 Å². The van der Waals surface area contributed by atoms with Crippen LogP contribution in [0, 0.1) is 23.7 Å². The molecule has 28 heavy (non-hydrogen) atoms. The molecule has 0 N–H and O–H groups in total. The Kier molecular flexibility index (Phi) is 4.34. The average molecular weight is 378 g/mol. The van der Waals surface area contributed by atoms with Gasteiger partial charge in [-0.3, -0.25) is 9.97 Å². The zero-order valence-corrected chi connectivity index (χ0v) is 15.4. The molecular formula is C22H22N2O4. The van der Waals surface area contributed by atoms with Gasteiger partial charge in [-0.15, -0.1) is 0 Å². The number of pyridine rings is 2. The third-order valence-corrected chi connectivity index (χ3v) is 6.76. The minimum atomic E-state index is -0.379. The number of nitrogens with zero attached hydrogens (tertiary/aromatic N) is 2.